The summed E-state index contributed by atoms with van der Waals surface area (Å²) >= 11 is 0. The van der Waals surface area contributed by atoms with Gasteiger partial charge in [0, 0.05) is 32.2 Å². The first kappa shape index (κ1) is 13.8. The molecule has 1 aliphatic carbocycles. The molecule has 4 heteroatoms. The van der Waals surface area contributed by atoms with E-state index in [9.17, 15) is 4.79 Å². The standard InChI is InChI=1S/C14H26N2O2/c1-5-14(6-2)11(9-12(14)18-4)15-10-7-8-16(3)13(10)17/h10-12,15H,5-9H2,1-4H3. The SMILES string of the molecule is CCC1(CC)C(NC2CCN(C)C2=O)CC1OC. The van der Waals surface area contributed by atoms with Gasteiger partial charge in [-0.2, -0.15) is 0 Å². The average molecular weight is 254 g/mol. The largest absolute Gasteiger partial charge is 0.381 e. The van der Waals surface area contributed by atoms with Crippen LogP contribution in [0.3, 0.4) is 0 Å². The molecule has 4 nitrogen and oxygen atoms in total. The summed E-state index contributed by atoms with van der Waals surface area (Å²) in [7, 11) is 3.69. The number of nitrogens with one attached hydrogen (secondary N) is 1. The van der Waals surface area contributed by atoms with Gasteiger partial charge in [-0.25, -0.2) is 0 Å². The number of likely N-dealkylation sites (N-methyl/N-ethyl adjacent to an activating group) is 1. The van der Waals surface area contributed by atoms with Crippen molar-refractivity contribution in [3.8, 4) is 0 Å². The van der Waals surface area contributed by atoms with Gasteiger partial charge in [0.2, 0.25) is 5.91 Å². The Morgan fingerprint density at radius 2 is 2.11 bits per heavy atom. The van der Waals surface area contributed by atoms with Gasteiger partial charge in [0.15, 0.2) is 0 Å². The predicted molar refractivity (Wildman–Crippen MR) is 71.4 cm³/mol. The predicted octanol–water partition coefficient (Wildman–Crippen LogP) is 1.40. The van der Waals surface area contributed by atoms with Crippen molar-refractivity contribution in [1.82, 2.24) is 10.2 Å². The fourth-order valence-electron chi connectivity index (χ4n) is 3.73. The van der Waals surface area contributed by atoms with Gasteiger partial charge in [-0.05, 0) is 25.7 Å². The first-order valence-corrected chi connectivity index (χ1v) is 7.12. The lowest BCUT2D eigenvalue weighted by atomic mass is 9.58. The number of carbonyl (C=O) groups excluding carboxylic acids is 1. The first-order chi connectivity index (χ1) is 8.58. The molecule has 1 aliphatic heterocycles. The van der Waals surface area contributed by atoms with Gasteiger partial charge in [0.1, 0.15) is 0 Å². The number of amides is 1. The molecule has 1 saturated carbocycles. The van der Waals surface area contributed by atoms with Crippen LogP contribution in [0, 0.1) is 5.41 Å². The third-order valence-electron chi connectivity index (χ3n) is 5.22. The van der Waals surface area contributed by atoms with E-state index in [-0.39, 0.29) is 17.4 Å². The molecular weight excluding hydrogens is 228 g/mol. The van der Waals surface area contributed by atoms with Crippen LogP contribution < -0.4 is 5.32 Å². The highest BCUT2D eigenvalue weighted by Gasteiger charge is 2.54. The highest BCUT2D eigenvalue weighted by Crippen LogP contribution is 2.49. The smallest absolute Gasteiger partial charge is 0.239 e. The number of carbonyl (C=O) groups is 1. The lowest BCUT2D eigenvalue weighted by Crippen LogP contribution is -2.65. The Morgan fingerprint density at radius 3 is 2.56 bits per heavy atom. The van der Waals surface area contributed by atoms with Crippen molar-refractivity contribution in [2.75, 3.05) is 20.7 Å². The number of hydrogen-bond donors (Lipinski definition) is 1. The second-order valence-corrected chi connectivity index (χ2v) is 5.72. The third kappa shape index (κ3) is 1.95. The van der Waals surface area contributed by atoms with Crippen molar-refractivity contribution in [1.29, 1.82) is 0 Å². The molecule has 1 N–H and O–H groups in total. The Morgan fingerprint density at radius 1 is 1.44 bits per heavy atom. The van der Waals surface area contributed by atoms with Gasteiger partial charge in [0.25, 0.3) is 0 Å². The molecule has 1 saturated heterocycles. The molecular formula is C14H26N2O2. The lowest BCUT2D eigenvalue weighted by Gasteiger charge is -2.55. The summed E-state index contributed by atoms with van der Waals surface area (Å²) in [6.07, 6.45) is 4.53. The first-order valence-electron chi connectivity index (χ1n) is 7.12. The quantitative estimate of drug-likeness (QED) is 0.806. The maximum absolute atomic E-state index is 12.0. The van der Waals surface area contributed by atoms with Crippen LogP contribution in [-0.4, -0.2) is 49.7 Å². The minimum atomic E-state index is 0.0234. The number of likely N-dealkylation sites (tertiary alicyclic amines) is 1. The normalized spacial score (nSPS) is 34.8. The molecule has 2 rings (SSSR count). The van der Waals surface area contributed by atoms with Crippen molar-refractivity contribution >= 4 is 5.91 Å². The summed E-state index contributed by atoms with van der Waals surface area (Å²) in [5.41, 5.74) is 0.218. The van der Waals surface area contributed by atoms with Crippen molar-refractivity contribution in [2.24, 2.45) is 5.41 Å². The zero-order valence-corrected chi connectivity index (χ0v) is 12.0. The van der Waals surface area contributed by atoms with Gasteiger partial charge in [-0.1, -0.05) is 13.8 Å². The summed E-state index contributed by atoms with van der Waals surface area (Å²) in [5.74, 6) is 0.247. The summed E-state index contributed by atoms with van der Waals surface area (Å²) in [6.45, 7) is 5.33. The van der Waals surface area contributed by atoms with E-state index in [1.54, 1.807) is 7.11 Å². The highest BCUT2D eigenvalue weighted by atomic mass is 16.5. The highest BCUT2D eigenvalue weighted by molar-refractivity contribution is 5.83. The van der Waals surface area contributed by atoms with Gasteiger partial charge in [-0.15, -0.1) is 0 Å². The second-order valence-electron chi connectivity index (χ2n) is 5.72. The molecule has 2 aliphatic rings. The number of nitrogens with zero attached hydrogens (tertiary/aromatic N) is 1. The zero-order valence-electron chi connectivity index (χ0n) is 12.0. The van der Waals surface area contributed by atoms with E-state index in [0.717, 1.165) is 32.2 Å². The Bertz CT molecular complexity index is 315. The fourth-order valence-corrected chi connectivity index (χ4v) is 3.73. The molecule has 1 heterocycles. The topological polar surface area (TPSA) is 41.6 Å². The van der Waals surface area contributed by atoms with Crippen LogP contribution in [0.4, 0.5) is 0 Å². The molecule has 0 radical (unpaired) electrons. The van der Waals surface area contributed by atoms with Crippen LogP contribution in [0.2, 0.25) is 0 Å². The van der Waals surface area contributed by atoms with Crippen LogP contribution in [0.15, 0.2) is 0 Å². The molecule has 2 fully saturated rings. The van der Waals surface area contributed by atoms with Gasteiger partial charge in [-0.3, -0.25) is 4.79 Å². The minimum absolute atomic E-state index is 0.0234. The van der Waals surface area contributed by atoms with Crippen LogP contribution in [0.1, 0.15) is 39.5 Å². The molecule has 0 aromatic rings. The minimum Gasteiger partial charge on any atom is -0.381 e. The zero-order chi connectivity index (χ0) is 13.3. The summed E-state index contributed by atoms with van der Waals surface area (Å²) in [4.78, 5) is 13.8. The van der Waals surface area contributed by atoms with Crippen LogP contribution in [-0.2, 0) is 9.53 Å². The Labute approximate surface area is 110 Å². The molecule has 0 aromatic carbocycles. The summed E-state index contributed by atoms with van der Waals surface area (Å²) in [6, 6.07) is 0.452. The van der Waals surface area contributed by atoms with E-state index < -0.39 is 0 Å². The number of rotatable bonds is 5. The molecule has 0 bridgehead atoms. The van der Waals surface area contributed by atoms with E-state index in [0.29, 0.717) is 12.1 Å². The van der Waals surface area contributed by atoms with E-state index in [4.69, 9.17) is 4.74 Å². The maximum atomic E-state index is 12.0. The molecule has 0 aromatic heterocycles. The van der Waals surface area contributed by atoms with Crippen molar-refractivity contribution < 1.29 is 9.53 Å². The third-order valence-corrected chi connectivity index (χ3v) is 5.22. The number of methoxy groups -OCH3 is 1. The van der Waals surface area contributed by atoms with Gasteiger partial charge < -0.3 is 15.0 Å². The lowest BCUT2D eigenvalue weighted by molar-refractivity contribution is -0.137. The molecule has 104 valence electrons. The molecule has 0 spiro atoms. The molecule has 1 amide bonds. The Kier molecular flexibility index (Phi) is 3.97. The van der Waals surface area contributed by atoms with Crippen molar-refractivity contribution in [3.05, 3.63) is 0 Å². The van der Waals surface area contributed by atoms with Crippen LogP contribution >= 0.6 is 0 Å². The van der Waals surface area contributed by atoms with E-state index in [2.05, 4.69) is 19.2 Å². The second kappa shape index (κ2) is 5.17. The Hall–Kier alpha value is -0.610. The number of ether oxygens (including phenoxy) is 1. The van der Waals surface area contributed by atoms with E-state index in [1.807, 2.05) is 11.9 Å². The average Bonchev–Trinajstić information content (AvgIpc) is 2.67. The van der Waals surface area contributed by atoms with Crippen molar-refractivity contribution in [2.45, 2.75) is 57.7 Å². The number of hydrogen-bond acceptors (Lipinski definition) is 3. The maximum Gasteiger partial charge on any atom is 0.239 e. The molecule has 3 atom stereocenters. The van der Waals surface area contributed by atoms with Gasteiger partial charge >= 0.3 is 0 Å². The Balaban J connectivity index is 2.00. The molecule has 18 heavy (non-hydrogen) atoms. The van der Waals surface area contributed by atoms with E-state index in [1.165, 1.54) is 0 Å². The fraction of sp³-hybridized carbons (Fsp3) is 0.929. The molecule has 3 unspecified atom stereocenters. The summed E-state index contributed by atoms with van der Waals surface area (Å²) < 4.78 is 5.59. The van der Waals surface area contributed by atoms with E-state index >= 15 is 0 Å². The van der Waals surface area contributed by atoms with Crippen molar-refractivity contribution in [3.63, 3.8) is 0 Å². The monoisotopic (exact) mass is 254 g/mol. The van der Waals surface area contributed by atoms with Crippen LogP contribution in [0.25, 0.3) is 0 Å². The summed E-state index contributed by atoms with van der Waals surface area (Å²) in [5, 5.41) is 3.58. The van der Waals surface area contributed by atoms with Crippen LogP contribution in [0.5, 0.6) is 0 Å². The van der Waals surface area contributed by atoms with Gasteiger partial charge in [0.05, 0.1) is 12.1 Å².